The summed E-state index contributed by atoms with van der Waals surface area (Å²) in [5.41, 5.74) is 9.32. The Hall–Kier alpha value is -4.78. The van der Waals surface area contributed by atoms with Gasteiger partial charge in [-0.05, 0) is 60.5 Å². The van der Waals surface area contributed by atoms with Crippen molar-refractivity contribution in [3.63, 3.8) is 0 Å². The van der Waals surface area contributed by atoms with E-state index in [0.29, 0.717) is 17.6 Å². The topological polar surface area (TPSA) is 170 Å². The number of aryl methyl sites for hydroxylation is 1. The number of pyridine rings is 2. The van der Waals surface area contributed by atoms with Gasteiger partial charge in [0.05, 0.1) is 17.2 Å². The van der Waals surface area contributed by atoms with Gasteiger partial charge in [0.2, 0.25) is 0 Å². The second-order valence-electron chi connectivity index (χ2n) is 8.47. The summed E-state index contributed by atoms with van der Waals surface area (Å²) in [5.74, 6) is -1.71. The molecule has 6 N–H and O–H groups in total. The summed E-state index contributed by atoms with van der Waals surface area (Å²) in [6, 6.07) is 9.56. The van der Waals surface area contributed by atoms with Crippen LogP contribution in [0, 0.1) is 29.1 Å². The molecule has 0 atom stereocenters. The molecule has 4 rings (SSSR count). The third-order valence-corrected chi connectivity index (χ3v) is 5.87. The Morgan fingerprint density at radius 3 is 2.74 bits per heavy atom. The fourth-order valence-electron chi connectivity index (χ4n) is 3.59. The normalized spacial score (nSPS) is 14.0. The highest BCUT2D eigenvalue weighted by atomic mass is 16.2. The molecule has 10 nitrogen and oxygen atoms in total. The van der Waals surface area contributed by atoms with Crippen LogP contribution in [0.4, 0.5) is 11.5 Å². The Balaban J connectivity index is 1.46. The number of nitrogens with zero attached hydrogens (tertiary/aromatic N) is 3. The van der Waals surface area contributed by atoms with Gasteiger partial charge in [0, 0.05) is 54.2 Å². The number of carbonyl (C=O) groups excluding carboxylic acids is 2. The molecule has 0 unspecified atom stereocenters. The molecule has 1 aliphatic rings. The molecule has 0 saturated heterocycles. The van der Waals surface area contributed by atoms with Gasteiger partial charge in [0.25, 0.3) is 0 Å². The number of fused-ring (bicyclic) bond motifs is 1. The van der Waals surface area contributed by atoms with Gasteiger partial charge >= 0.3 is 11.8 Å². The second kappa shape index (κ2) is 9.61. The number of nitrogens with one attached hydrogen (secondary N) is 4. The first-order valence-corrected chi connectivity index (χ1v) is 10.9. The van der Waals surface area contributed by atoms with Crippen LogP contribution < -0.4 is 21.7 Å². The quantitative estimate of drug-likeness (QED) is 0.202. The van der Waals surface area contributed by atoms with Crippen LogP contribution in [0.1, 0.15) is 18.4 Å². The second-order valence-corrected chi connectivity index (χ2v) is 8.47. The molecule has 2 aromatic heterocycles. The van der Waals surface area contributed by atoms with Gasteiger partial charge < -0.3 is 27.1 Å². The molecule has 0 aliphatic heterocycles. The Morgan fingerprint density at radius 1 is 1.26 bits per heavy atom. The molecule has 2 amide bonds. The smallest absolute Gasteiger partial charge is 0.315 e. The number of nitriles is 1. The minimum atomic E-state index is -0.955. The molecular weight excluding hydrogens is 444 g/mol. The summed E-state index contributed by atoms with van der Waals surface area (Å²) in [7, 11) is 0. The van der Waals surface area contributed by atoms with E-state index < -0.39 is 11.8 Å². The molecule has 1 saturated carbocycles. The highest BCUT2D eigenvalue weighted by molar-refractivity contribution is 6.40. The lowest BCUT2D eigenvalue weighted by Crippen LogP contribution is -2.36. The van der Waals surface area contributed by atoms with Gasteiger partial charge in [-0.3, -0.25) is 14.6 Å². The number of anilines is 2. The zero-order valence-corrected chi connectivity index (χ0v) is 19.1. The minimum absolute atomic E-state index is 0.0922. The summed E-state index contributed by atoms with van der Waals surface area (Å²) in [4.78, 5) is 33.1. The van der Waals surface area contributed by atoms with Crippen molar-refractivity contribution < 1.29 is 9.59 Å². The van der Waals surface area contributed by atoms with Gasteiger partial charge in [-0.1, -0.05) is 0 Å². The molecule has 2 heterocycles. The molecule has 0 spiro atoms. The van der Waals surface area contributed by atoms with Crippen molar-refractivity contribution in [3.05, 3.63) is 60.3 Å². The van der Waals surface area contributed by atoms with Crippen LogP contribution in [0.25, 0.3) is 21.9 Å². The van der Waals surface area contributed by atoms with E-state index in [-0.39, 0.29) is 16.9 Å². The first-order valence-electron chi connectivity index (χ1n) is 10.9. The molecule has 1 fully saturated rings. The van der Waals surface area contributed by atoms with E-state index in [9.17, 15) is 9.59 Å². The Bertz CT molecular complexity index is 1400. The number of amides is 2. The number of carbonyl (C=O) groups is 2. The molecule has 1 aromatic carbocycles. The number of benzene rings is 1. The molecule has 1 aliphatic carbocycles. The number of nitrogens with two attached hydrogens (primary N) is 1. The third-order valence-electron chi connectivity index (χ3n) is 5.87. The van der Waals surface area contributed by atoms with E-state index in [1.165, 1.54) is 12.4 Å². The maximum atomic E-state index is 12.4. The first kappa shape index (κ1) is 23.4. The third kappa shape index (κ3) is 5.25. The summed E-state index contributed by atoms with van der Waals surface area (Å²) in [6.07, 6.45) is 8.94. The van der Waals surface area contributed by atoms with Crippen molar-refractivity contribution in [1.29, 1.82) is 10.7 Å². The van der Waals surface area contributed by atoms with Gasteiger partial charge in [0.1, 0.15) is 5.82 Å². The number of allylic oxidation sites excluding steroid dienone is 1. The van der Waals surface area contributed by atoms with E-state index in [2.05, 4.69) is 32.0 Å². The highest BCUT2D eigenvalue weighted by Gasteiger charge is 2.42. The van der Waals surface area contributed by atoms with Crippen molar-refractivity contribution in [3.8, 4) is 17.2 Å². The predicted octanol–water partition coefficient (Wildman–Crippen LogP) is 2.63. The van der Waals surface area contributed by atoms with Gasteiger partial charge in [0.15, 0.2) is 0 Å². The van der Waals surface area contributed by atoms with Crippen LogP contribution in [-0.4, -0.2) is 34.5 Å². The van der Waals surface area contributed by atoms with E-state index in [4.69, 9.17) is 16.4 Å². The van der Waals surface area contributed by atoms with E-state index in [1.807, 2.05) is 25.1 Å². The van der Waals surface area contributed by atoms with Crippen LogP contribution in [0.15, 0.2) is 54.8 Å². The number of rotatable bonds is 7. The van der Waals surface area contributed by atoms with Crippen molar-refractivity contribution in [2.75, 3.05) is 17.6 Å². The highest BCUT2D eigenvalue weighted by Crippen LogP contribution is 2.44. The van der Waals surface area contributed by atoms with Crippen molar-refractivity contribution in [2.45, 2.75) is 19.8 Å². The van der Waals surface area contributed by atoms with E-state index in [1.54, 1.807) is 18.5 Å². The number of nitrogen functional groups attached to an aromatic ring is 1. The largest absolute Gasteiger partial charge is 0.398 e. The van der Waals surface area contributed by atoms with Crippen molar-refractivity contribution in [2.24, 2.45) is 5.41 Å². The number of aromatic nitrogens is 2. The van der Waals surface area contributed by atoms with E-state index in [0.717, 1.165) is 41.1 Å². The summed E-state index contributed by atoms with van der Waals surface area (Å²) < 4.78 is 0. The Kier molecular flexibility index (Phi) is 6.42. The number of hydrogen-bond donors (Lipinski definition) is 5. The molecule has 10 heteroatoms. The summed E-state index contributed by atoms with van der Waals surface area (Å²) >= 11 is 0. The maximum Gasteiger partial charge on any atom is 0.315 e. The van der Waals surface area contributed by atoms with Crippen LogP contribution in [-0.2, 0) is 9.59 Å². The molecule has 176 valence electrons. The van der Waals surface area contributed by atoms with Crippen molar-refractivity contribution >= 4 is 40.3 Å². The fourth-order valence-corrected chi connectivity index (χ4v) is 3.59. The van der Waals surface area contributed by atoms with Crippen LogP contribution in [0.5, 0.6) is 0 Å². The van der Waals surface area contributed by atoms with Crippen LogP contribution >= 0.6 is 0 Å². The molecular formula is C25H24N8O2. The Labute approximate surface area is 201 Å². The fraction of sp³-hybridized carbons (Fsp3) is 0.200. The monoisotopic (exact) mass is 468 g/mol. The number of hydrogen-bond acceptors (Lipinski definition) is 8. The molecule has 3 aromatic rings. The van der Waals surface area contributed by atoms with Crippen LogP contribution in [0.3, 0.4) is 0 Å². The molecule has 0 radical (unpaired) electrons. The maximum absolute atomic E-state index is 12.4. The molecule has 0 bridgehead atoms. The average molecular weight is 469 g/mol. The first-order chi connectivity index (χ1) is 16.8. The van der Waals surface area contributed by atoms with E-state index >= 15 is 0 Å². The van der Waals surface area contributed by atoms with Gasteiger partial charge in [-0.15, -0.1) is 0 Å². The van der Waals surface area contributed by atoms with Gasteiger partial charge in [-0.25, -0.2) is 4.98 Å². The summed E-state index contributed by atoms with van der Waals surface area (Å²) in [5, 5.41) is 25.8. The minimum Gasteiger partial charge on any atom is -0.398 e. The lowest BCUT2D eigenvalue weighted by Gasteiger charge is -2.11. The standard InChI is InChI=1S/C25H24N8O2/c1-15-2-5-29-11-19(15)16-6-17-8-22(31-12-20(17)21(28)7-16)33-24(35)23(34)32-18(9-26)10-30-14-25(13-27)3-4-25/h2,5-12,26,30H,3-4,14,28H2,1H3,(H,32,34)(H,31,33,35)/b18-10+,26-9?. The zero-order valence-electron chi connectivity index (χ0n) is 19.1. The lowest BCUT2D eigenvalue weighted by atomic mass is 9.99. The zero-order chi connectivity index (χ0) is 25.0. The van der Waals surface area contributed by atoms with Gasteiger partial charge in [-0.2, -0.15) is 5.26 Å². The lowest BCUT2D eigenvalue weighted by molar-refractivity contribution is -0.135. The van der Waals surface area contributed by atoms with Crippen molar-refractivity contribution in [1.82, 2.24) is 20.6 Å². The average Bonchev–Trinajstić information content (AvgIpc) is 3.63. The SMILES string of the molecule is Cc1ccncc1-c1cc(N)c2cnc(NC(=O)C(=O)N/C(C=N)=C/NCC3(C#N)CC3)cc2c1. The Morgan fingerprint density at radius 2 is 2.06 bits per heavy atom. The van der Waals surface area contributed by atoms with Crippen LogP contribution in [0.2, 0.25) is 0 Å². The predicted molar refractivity (Wildman–Crippen MR) is 133 cm³/mol. The summed E-state index contributed by atoms with van der Waals surface area (Å²) in [6.45, 7) is 2.39. The molecule has 35 heavy (non-hydrogen) atoms.